The Morgan fingerprint density at radius 1 is 1.29 bits per heavy atom. The van der Waals surface area contributed by atoms with E-state index in [1.165, 1.54) is 18.2 Å². The molecule has 0 aromatic heterocycles. The maximum atomic E-state index is 13.6. The van der Waals surface area contributed by atoms with Crippen molar-refractivity contribution in [2.45, 2.75) is 13.0 Å². The van der Waals surface area contributed by atoms with Gasteiger partial charge >= 0.3 is 0 Å². The zero-order valence-corrected chi connectivity index (χ0v) is 13.6. The number of nitrogens with one attached hydrogen (secondary N) is 1. The molecule has 0 radical (unpaired) electrons. The van der Waals surface area contributed by atoms with Crippen LogP contribution >= 0.6 is 0 Å². The van der Waals surface area contributed by atoms with E-state index in [0.717, 1.165) is 11.1 Å². The van der Waals surface area contributed by atoms with Gasteiger partial charge in [-0.1, -0.05) is 30.3 Å². The lowest BCUT2D eigenvalue weighted by Gasteiger charge is -2.12. The second-order valence-electron chi connectivity index (χ2n) is 5.34. The van der Waals surface area contributed by atoms with E-state index in [0.29, 0.717) is 5.75 Å². The molecule has 4 nitrogen and oxygen atoms in total. The summed E-state index contributed by atoms with van der Waals surface area (Å²) in [5.41, 5.74) is 1.78. The molecule has 0 fully saturated rings. The molecule has 24 heavy (non-hydrogen) atoms. The molecule has 0 aliphatic heterocycles. The van der Waals surface area contributed by atoms with Crippen LogP contribution in [0.1, 0.15) is 24.2 Å². The van der Waals surface area contributed by atoms with E-state index in [4.69, 9.17) is 4.74 Å². The molecule has 2 aromatic carbocycles. The van der Waals surface area contributed by atoms with E-state index < -0.39 is 11.9 Å². The molecular weight excluding hydrogens is 309 g/mol. The van der Waals surface area contributed by atoms with Crippen molar-refractivity contribution in [3.63, 3.8) is 0 Å². The molecule has 1 unspecified atom stereocenters. The summed E-state index contributed by atoms with van der Waals surface area (Å²) in [5.74, 6) is -0.149. The SMILES string of the molecule is COc1cccc(/C(C)=C/C(=O)NCC(O)c2ccccc2F)c1. The first-order valence-corrected chi connectivity index (χ1v) is 7.54. The summed E-state index contributed by atoms with van der Waals surface area (Å²) in [7, 11) is 1.58. The van der Waals surface area contributed by atoms with Crippen molar-refractivity contribution in [1.82, 2.24) is 5.32 Å². The van der Waals surface area contributed by atoms with Crippen molar-refractivity contribution in [1.29, 1.82) is 0 Å². The smallest absolute Gasteiger partial charge is 0.244 e. The first kappa shape index (κ1) is 17.7. The van der Waals surface area contributed by atoms with E-state index in [1.54, 1.807) is 19.2 Å². The van der Waals surface area contributed by atoms with Gasteiger partial charge in [-0.3, -0.25) is 4.79 Å². The van der Waals surface area contributed by atoms with Gasteiger partial charge in [-0.25, -0.2) is 4.39 Å². The Labute approximate surface area is 140 Å². The molecule has 1 amide bonds. The third kappa shape index (κ3) is 4.67. The summed E-state index contributed by atoms with van der Waals surface area (Å²) < 4.78 is 18.7. The highest BCUT2D eigenvalue weighted by Gasteiger charge is 2.12. The molecule has 126 valence electrons. The number of hydrogen-bond acceptors (Lipinski definition) is 3. The van der Waals surface area contributed by atoms with Crippen LogP contribution in [0.2, 0.25) is 0 Å². The van der Waals surface area contributed by atoms with Crippen LogP contribution in [0.3, 0.4) is 0 Å². The number of hydrogen-bond donors (Lipinski definition) is 2. The Morgan fingerprint density at radius 2 is 2.04 bits per heavy atom. The number of methoxy groups -OCH3 is 1. The zero-order valence-electron chi connectivity index (χ0n) is 13.6. The number of carbonyl (C=O) groups is 1. The van der Waals surface area contributed by atoms with E-state index >= 15 is 0 Å². The van der Waals surface area contributed by atoms with Crippen LogP contribution < -0.4 is 10.1 Å². The average molecular weight is 329 g/mol. The van der Waals surface area contributed by atoms with E-state index in [1.807, 2.05) is 31.2 Å². The number of aliphatic hydroxyl groups is 1. The lowest BCUT2D eigenvalue weighted by Crippen LogP contribution is -2.27. The standard InChI is InChI=1S/C19H20FNO3/c1-13(14-6-5-7-15(11-14)24-2)10-19(23)21-12-18(22)16-8-3-4-9-17(16)20/h3-11,18,22H,12H2,1-2H3,(H,21,23)/b13-10+. The van der Waals surface area contributed by atoms with Crippen molar-refractivity contribution >= 4 is 11.5 Å². The van der Waals surface area contributed by atoms with Gasteiger partial charge in [-0.15, -0.1) is 0 Å². The predicted octanol–water partition coefficient (Wildman–Crippen LogP) is 3.09. The molecule has 0 aliphatic rings. The zero-order chi connectivity index (χ0) is 17.5. The Kier molecular flexibility index (Phi) is 6.09. The average Bonchev–Trinajstić information content (AvgIpc) is 2.60. The minimum atomic E-state index is -1.10. The van der Waals surface area contributed by atoms with Crippen LogP contribution in [0.4, 0.5) is 4.39 Å². The highest BCUT2D eigenvalue weighted by atomic mass is 19.1. The third-order valence-electron chi connectivity index (χ3n) is 3.61. The molecule has 1 atom stereocenters. The molecule has 5 heteroatoms. The summed E-state index contributed by atoms with van der Waals surface area (Å²) in [6.07, 6.45) is 0.337. The molecule has 0 saturated carbocycles. The maximum Gasteiger partial charge on any atom is 0.244 e. The summed E-state index contributed by atoms with van der Waals surface area (Å²) in [4.78, 5) is 12.0. The number of aliphatic hydroxyl groups excluding tert-OH is 1. The lowest BCUT2D eigenvalue weighted by molar-refractivity contribution is -0.116. The van der Waals surface area contributed by atoms with E-state index in [2.05, 4.69) is 5.32 Å². The van der Waals surface area contributed by atoms with Gasteiger partial charge in [0, 0.05) is 18.2 Å². The molecule has 0 bridgehead atoms. The van der Waals surface area contributed by atoms with Crippen molar-refractivity contribution in [2.75, 3.05) is 13.7 Å². The van der Waals surface area contributed by atoms with Crippen LogP contribution in [0.5, 0.6) is 5.75 Å². The number of rotatable bonds is 6. The van der Waals surface area contributed by atoms with Crippen LogP contribution in [-0.2, 0) is 4.79 Å². The molecule has 0 heterocycles. The Hall–Kier alpha value is -2.66. The highest BCUT2D eigenvalue weighted by molar-refractivity contribution is 5.94. The van der Waals surface area contributed by atoms with Gasteiger partial charge in [0.1, 0.15) is 11.6 Å². The first-order valence-electron chi connectivity index (χ1n) is 7.54. The van der Waals surface area contributed by atoms with Crippen molar-refractivity contribution in [2.24, 2.45) is 0 Å². The molecule has 0 aliphatic carbocycles. The summed E-state index contributed by atoms with van der Waals surface area (Å²) in [6, 6.07) is 13.3. The quantitative estimate of drug-likeness (QED) is 0.801. The summed E-state index contributed by atoms with van der Waals surface area (Å²) in [6.45, 7) is 1.74. The molecule has 0 spiro atoms. The monoisotopic (exact) mass is 329 g/mol. The van der Waals surface area contributed by atoms with Gasteiger partial charge in [-0.2, -0.15) is 0 Å². The Balaban J connectivity index is 1.98. The largest absolute Gasteiger partial charge is 0.497 e. The minimum absolute atomic E-state index is 0.0678. The number of carbonyl (C=O) groups excluding carboxylic acids is 1. The van der Waals surface area contributed by atoms with Crippen LogP contribution in [-0.4, -0.2) is 24.7 Å². The maximum absolute atomic E-state index is 13.6. The molecule has 0 saturated heterocycles. The van der Waals surface area contributed by atoms with Crippen molar-refractivity contribution in [3.05, 3.63) is 71.6 Å². The summed E-state index contributed by atoms with van der Waals surface area (Å²) in [5, 5.41) is 12.6. The number of amides is 1. The van der Waals surface area contributed by atoms with E-state index in [-0.39, 0.29) is 18.0 Å². The molecule has 2 rings (SSSR count). The molecule has 2 aromatic rings. The Bertz CT molecular complexity index is 743. The van der Waals surface area contributed by atoms with Crippen molar-refractivity contribution in [3.8, 4) is 5.75 Å². The molecular formula is C19H20FNO3. The minimum Gasteiger partial charge on any atom is -0.497 e. The second kappa shape index (κ2) is 8.26. The normalized spacial score (nSPS) is 12.6. The number of ether oxygens (including phenoxy) is 1. The van der Waals surface area contributed by atoms with Gasteiger partial charge < -0.3 is 15.2 Å². The van der Waals surface area contributed by atoms with E-state index in [9.17, 15) is 14.3 Å². The highest BCUT2D eigenvalue weighted by Crippen LogP contribution is 2.19. The van der Waals surface area contributed by atoms with Gasteiger partial charge in [0.2, 0.25) is 5.91 Å². The Morgan fingerprint density at radius 3 is 2.75 bits per heavy atom. The fourth-order valence-corrected chi connectivity index (χ4v) is 2.25. The lowest BCUT2D eigenvalue weighted by atomic mass is 10.1. The predicted molar refractivity (Wildman–Crippen MR) is 91.0 cm³/mol. The third-order valence-corrected chi connectivity index (χ3v) is 3.61. The van der Waals surface area contributed by atoms with Crippen LogP contribution in [0, 0.1) is 5.82 Å². The van der Waals surface area contributed by atoms with Crippen LogP contribution in [0.25, 0.3) is 5.57 Å². The van der Waals surface area contributed by atoms with Gasteiger partial charge in [-0.05, 0) is 36.3 Å². The first-order chi connectivity index (χ1) is 11.5. The van der Waals surface area contributed by atoms with Gasteiger partial charge in [0.25, 0.3) is 0 Å². The van der Waals surface area contributed by atoms with Gasteiger partial charge in [0.05, 0.1) is 13.2 Å². The number of allylic oxidation sites excluding steroid dienone is 1. The number of halogens is 1. The van der Waals surface area contributed by atoms with Crippen molar-refractivity contribution < 1.29 is 19.0 Å². The fraction of sp³-hybridized carbons (Fsp3) is 0.211. The fourth-order valence-electron chi connectivity index (χ4n) is 2.25. The van der Waals surface area contributed by atoms with Crippen LogP contribution in [0.15, 0.2) is 54.6 Å². The molecule has 2 N–H and O–H groups in total. The van der Waals surface area contributed by atoms with Gasteiger partial charge in [0.15, 0.2) is 0 Å². The topological polar surface area (TPSA) is 58.6 Å². The number of benzene rings is 2. The summed E-state index contributed by atoms with van der Waals surface area (Å²) >= 11 is 0. The second-order valence-corrected chi connectivity index (χ2v) is 5.34.